The summed E-state index contributed by atoms with van der Waals surface area (Å²) >= 11 is 0. The van der Waals surface area contributed by atoms with Crippen molar-refractivity contribution >= 4 is 17.8 Å². The number of halogens is 3. The van der Waals surface area contributed by atoms with E-state index in [1.807, 2.05) is 42.6 Å². The Morgan fingerprint density at radius 3 is 2.19 bits per heavy atom. The van der Waals surface area contributed by atoms with E-state index >= 15 is 0 Å². The summed E-state index contributed by atoms with van der Waals surface area (Å²) < 4.78 is 47.5. The zero-order chi connectivity index (χ0) is 38.4. The third kappa shape index (κ3) is 9.13. The normalized spacial score (nSPS) is 13.9. The predicted octanol–water partition coefficient (Wildman–Crippen LogP) is 7.77. The lowest BCUT2D eigenvalue weighted by Crippen LogP contribution is -2.39. The van der Waals surface area contributed by atoms with Crippen LogP contribution in [0.2, 0.25) is 0 Å². The molecular weight excluding hydrogens is 697 g/mol. The minimum absolute atomic E-state index is 0.0228. The average molecular weight is 735 g/mol. The Labute approximate surface area is 310 Å². The van der Waals surface area contributed by atoms with Crippen molar-refractivity contribution in [3.8, 4) is 33.7 Å². The quantitative estimate of drug-likeness (QED) is 0.135. The van der Waals surface area contributed by atoms with Gasteiger partial charge in [-0.05, 0) is 71.5 Å². The van der Waals surface area contributed by atoms with E-state index in [4.69, 9.17) is 4.74 Å². The molecule has 1 aromatic heterocycles. The van der Waals surface area contributed by atoms with Crippen LogP contribution in [0.4, 0.5) is 13.2 Å². The Balaban J connectivity index is 1.06. The van der Waals surface area contributed by atoms with Crippen molar-refractivity contribution in [2.45, 2.75) is 32.5 Å². The number of rotatable bonds is 12. The number of hydrogen-bond acceptors (Lipinski definition) is 5. The highest BCUT2D eigenvalue weighted by Crippen LogP contribution is 2.35. The standard InChI is InChI=1S/C42H37F3N4O5/c1-27-3-7-29(8-4-27)30-13-18-36(19-14-30)49-25-34(23-46-49)31-9-5-28(6-10-31)24-48(26-40(51)52)41(53)32-11-16-35(17-12-32)47-39(50)21-33-15-20-37(54-2)22-38(33)42(43,44)45/h3-11,13-20,22-23,25,32H,12,21,24,26H2,1-2H3,(H,47,50)(H,51,52). The third-order valence-electron chi connectivity index (χ3n) is 9.07. The molecule has 5 aromatic rings. The summed E-state index contributed by atoms with van der Waals surface area (Å²) in [6.45, 7) is 1.59. The number of hydrogen-bond donors (Lipinski definition) is 2. The number of methoxy groups -OCH3 is 1. The number of benzene rings is 4. The van der Waals surface area contributed by atoms with Crippen LogP contribution < -0.4 is 10.1 Å². The Kier molecular flexibility index (Phi) is 11.1. The lowest BCUT2D eigenvalue weighted by atomic mass is 9.97. The molecule has 0 fully saturated rings. The fourth-order valence-electron chi connectivity index (χ4n) is 6.17. The lowest BCUT2D eigenvalue weighted by Gasteiger charge is -2.26. The van der Waals surface area contributed by atoms with Crippen molar-refractivity contribution in [2.75, 3.05) is 13.7 Å². The summed E-state index contributed by atoms with van der Waals surface area (Å²) in [5, 5.41) is 16.7. The summed E-state index contributed by atoms with van der Waals surface area (Å²) in [6.07, 6.45) is 3.29. The number of carbonyl (C=O) groups excluding carboxylic acids is 2. The van der Waals surface area contributed by atoms with Gasteiger partial charge in [-0.3, -0.25) is 14.4 Å². The highest BCUT2D eigenvalue weighted by molar-refractivity contribution is 5.85. The Bertz CT molecular complexity index is 2210. The molecule has 0 radical (unpaired) electrons. The van der Waals surface area contributed by atoms with E-state index in [1.165, 1.54) is 35.8 Å². The van der Waals surface area contributed by atoms with Crippen molar-refractivity contribution in [3.63, 3.8) is 0 Å². The molecule has 2 amide bonds. The van der Waals surface area contributed by atoms with Crippen LogP contribution in [-0.2, 0) is 33.5 Å². The van der Waals surface area contributed by atoms with Gasteiger partial charge in [0.25, 0.3) is 0 Å². The number of aliphatic carboxylic acids is 1. The number of carboxylic acid groups (broad SMARTS) is 1. The first-order valence-corrected chi connectivity index (χ1v) is 17.1. The maximum atomic E-state index is 13.6. The average Bonchev–Trinajstić information content (AvgIpc) is 3.65. The number of alkyl halides is 3. The summed E-state index contributed by atoms with van der Waals surface area (Å²) in [5.74, 6) is -2.92. The minimum atomic E-state index is -4.67. The molecule has 1 aliphatic rings. The molecule has 2 N–H and O–H groups in total. The van der Waals surface area contributed by atoms with Crippen LogP contribution in [0.25, 0.3) is 27.9 Å². The van der Waals surface area contributed by atoms with E-state index in [-0.39, 0.29) is 24.3 Å². The third-order valence-corrected chi connectivity index (χ3v) is 9.07. The van der Waals surface area contributed by atoms with Gasteiger partial charge in [-0.2, -0.15) is 18.3 Å². The number of amides is 2. The summed E-state index contributed by atoms with van der Waals surface area (Å²) in [4.78, 5) is 39.2. The summed E-state index contributed by atoms with van der Waals surface area (Å²) in [6, 6.07) is 27.3. The molecule has 1 aliphatic carbocycles. The van der Waals surface area contributed by atoms with Gasteiger partial charge < -0.3 is 20.1 Å². The molecule has 276 valence electrons. The van der Waals surface area contributed by atoms with Gasteiger partial charge in [0.2, 0.25) is 11.8 Å². The van der Waals surface area contributed by atoms with Crippen molar-refractivity contribution in [1.82, 2.24) is 20.0 Å². The van der Waals surface area contributed by atoms with Crippen LogP contribution in [0.3, 0.4) is 0 Å². The van der Waals surface area contributed by atoms with Gasteiger partial charge in [0.15, 0.2) is 0 Å². The zero-order valence-electron chi connectivity index (χ0n) is 29.5. The second-order valence-electron chi connectivity index (χ2n) is 13.0. The van der Waals surface area contributed by atoms with Gasteiger partial charge in [0, 0.05) is 24.0 Å². The number of ether oxygens (including phenoxy) is 1. The SMILES string of the molecule is COc1ccc(CC(=O)NC2=CCC(C(=O)N(CC(=O)O)Cc3ccc(-c4cnn(-c5ccc(-c6ccc(C)cc6)cc5)c4)cc3)C=C2)c(C(F)(F)F)c1. The van der Waals surface area contributed by atoms with Gasteiger partial charge >= 0.3 is 12.1 Å². The number of aryl methyl sites for hydroxylation is 1. The maximum absolute atomic E-state index is 13.6. The Morgan fingerprint density at radius 1 is 0.926 bits per heavy atom. The van der Waals surface area contributed by atoms with Crippen molar-refractivity contribution < 1.29 is 37.4 Å². The minimum Gasteiger partial charge on any atom is -0.497 e. The Morgan fingerprint density at radius 2 is 1.57 bits per heavy atom. The smallest absolute Gasteiger partial charge is 0.416 e. The molecule has 0 bridgehead atoms. The van der Waals surface area contributed by atoms with Crippen molar-refractivity contribution in [1.29, 1.82) is 0 Å². The predicted molar refractivity (Wildman–Crippen MR) is 197 cm³/mol. The van der Waals surface area contributed by atoms with E-state index in [9.17, 15) is 32.7 Å². The molecule has 12 heteroatoms. The molecular formula is C42H37F3N4O5. The highest BCUT2D eigenvalue weighted by atomic mass is 19.4. The summed E-state index contributed by atoms with van der Waals surface area (Å²) in [5.41, 5.74) is 6.03. The molecule has 9 nitrogen and oxygen atoms in total. The zero-order valence-corrected chi connectivity index (χ0v) is 29.5. The molecule has 1 atom stereocenters. The fraction of sp³-hybridized carbons (Fsp3) is 0.190. The number of nitrogens with zero attached hydrogens (tertiary/aromatic N) is 3. The fourth-order valence-corrected chi connectivity index (χ4v) is 6.17. The summed E-state index contributed by atoms with van der Waals surface area (Å²) in [7, 11) is 1.26. The highest BCUT2D eigenvalue weighted by Gasteiger charge is 2.34. The number of carboxylic acids is 1. The van der Waals surface area contributed by atoms with E-state index in [1.54, 1.807) is 23.0 Å². The van der Waals surface area contributed by atoms with Gasteiger partial charge in [-0.25, -0.2) is 4.68 Å². The number of nitrogens with one attached hydrogen (secondary N) is 1. The van der Waals surface area contributed by atoms with Crippen LogP contribution in [0.1, 0.15) is 28.7 Å². The largest absolute Gasteiger partial charge is 0.497 e. The first-order valence-electron chi connectivity index (χ1n) is 17.1. The number of carbonyl (C=O) groups is 3. The maximum Gasteiger partial charge on any atom is 0.416 e. The molecule has 6 rings (SSSR count). The van der Waals surface area contributed by atoms with Crippen LogP contribution in [0.5, 0.6) is 5.75 Å². The van der Waals surface area contributed by atoms with Crippen LogP contribution >= 0.6 is 0 Å². The van der Waals surface area contributed by atoms with Gasteiger partial charge in [0.1, 0.15) is 12.3 Å². The van der Waals surface area contributed by atoms with Crippen LogP contribution in [0.15, 0.2) is 127 Å². The monoisotopic (exact) mass is 734 g/mol. The van der Waals surface area contributed by atoms with Crippen LogP contribution in [0, 0.1) is 12.8 Å². The van der Waals surface area contributed by atoms with Crippen LogP contribution in [-0.4, -0.2) is 51.2 Å². The van der Waals surface area contributed by atoms with Gasteiger partial charge in [-0.15, -0.1) is 0 Å². The van der Waals surface area contributed by atoms with Crippen molar-refractivity contribution in [3.05, 3.63) is 150 Å². The molecule has 0 saturated carbocycles. The van der Waals surface area contributed by atoms with Crippen molar-refractivity contribution in [2.24, 2.45) is 5.92 Å². The van der Waals surface area contributed by atoms with E-state index in [0.717, 1.165) is 39.6 Å². The molecule has 4 aromatic carbocycles. The second-order valence-corrected chi connectivity index (χ2v) is 13.0. The second kappa shape index (κ2) is 16.1. The first kappa shape index (κ1) is 37.3. The number of aromatic nitrogens is 2. The number of allylic oxidation sites excluding steroid dienone is 2. The van der Waals surface area contributed by atoms with Gasteiger partial charge in [-0.1, -0.05) is 84.4 Å². The van der Waals surface area contributed by atoms with E-state index < -0.39 is 48.4 Å². The molecule has 1 heterocycles. The topological polar surface area (TPSA) is 114 Å². The van der Waals surface area contributed by atoms with E-state index in [2.05, 4.69) is 53.7 Å². The first-order chi connectivity index (χ1) is 25.9. The molecule has 0 spiro atoms. The lowest BCUT2D eigenvalue weighted by molar-refractivity contribution is -0.146. The molecule has 1 unspecified atom stereocenters. The van der Waals surface area contributed by atoms with E-state index in [0.29, 0.717) is 5.70 Å². The van der Waals surface area contributed by atoms with Gasteiger partial charge in [0.05, 0.1) is 36.9 Å². The molecule has 0 saturated heterocycles. The molecule has 54 heavy (non-hydrogen) atoms. The Hall–Kier alpha value is -6.43. The molecule has 0 aliphatic heterocycles.